The Balaban J connectivity index is 1.70. The van der Waals surface area contributed by atoms with Crippen molar-refractivity contribution in [2.75, 3.05) is 29.0 Å². The number of aromatic nitrogens is 1. The molecule has 0 aliphatic carbocycles. The van der Waals surface area contributed by atoms with Crippen LogP contribution >= 0.6 is 11.3 Å². The molecule has 1 aromatic heterocycles. The van der Waals surface area contributed by atoms with Gasteiger partial charge in [0.25, 0.3) is 5.91 Å². The molecule has 0 saturated carbocycles. The number of nitrogens with one attached hydrogen (secondary N) is 1. The number of amides is 1. The van der Waals surface area contributed by atoms with Crippen LogP contribution < -0.4 is 16.0 Å². The molecule has 1 saturated heterocycles. The van der Waals surface area contributed by atoms with Crippen molar-refractivity contribution in [1.82, 2.24) is 4.98 Å². The van der Waals surface area contributed by atoms with Crippen LogP contribution in [0.2, 0.25) is 0 Å². The molecule has 1 fully saturated rings. The molecule has 3 rings (SSSR count). The van der Waals surface area contributed by atoms with Crippen molar-refractivity contribution in [1.29, 1.82) is 0 Å². The van der Waals surface area contributed by atoms with Gasteiger partial charge in [-0.15, -0.1) is 0 Å². The highest BCUT2D eigenvalue weighted by atomic mass is 32.1. The van der Waals surface area contributed by atoms with Gasteiger partial charge in [0.15, 0.2) is 5.13 Å². The molecule has 1 aromatic carbocycles. The molecule has 0 atom stereocenters. The van der Waals surface area contributed by atoms with Gasteiger partial charge in [0.1, 0.15) is 4.88 Å². The molecule has 0 radical (unpaired) electrons. The fourth-order valence-corrected chi connectivity index (χ4v) is 3.28. The lowest BCUT2D eigenvalue weighted by molar-refractivity contribution is 0.103. The Morgan fingerprint density at radius 3 is 2.52 bits per heavy atom. The normalized spacial score (nSPS) is 14.4. The predicted molar refractivity (Wildman–Crippen MR) is 87.1 cm³/mol. The van der Waals surface area contributed by atoms with Crippen LogP contribution in [0.4, 0.5) is 16.5 Å². The summed E-state index contributed by atoms with van der Waals surface area (Å²) in [6.45, 7) is 4.02. The van der Waals surface area contributed by atoms with E-state index in [1.807, 2.05) is 12.1 Å². The van der Waals surface area contributed by atoms with Crippen molar-refractivity contribution in [3.8, 4) is 0 Å². The summed E-state index contributed by atoms with van der Waals surface area (Å²) in [4.78, 5) is 19.2. The highest BCUT2D eigenvalue weighted by molar-refractivity contribution is 7.17. The number of carbonyl (C=O) groups excluding carboxylic acids is 1. The highest BCUT2D eigenvalue weighted by Crippen LogP contribution is 2.24. The second kappa shape index (κ2) is 5.73. The summed E-state index contributed by atoms with van der Waals surface area (Å²) in [7, 11) is 0. The average molecular weight is 302 g/mol. The Morgan fingerprint density at radius 2 is 1.95 bits per heavy atom. The van der Waals surface area contributed by atoms with Crippen LogP contribution in [0.1, 0.15) is 28.2 Å². The minimum atomic E-state index is -0.157. The zero-order valence-corrected chi connectivity index (χ0v) is 12.7. The first-order valence-electron chi connectivity index (χ1n) is 7.03. The van der Waals surface area contributed by atoms with Crippen LogP contribution in [-0.4, -0.2) is 24.0 Å². The largest absolute Gasteiger partial charge is 0.375 e. The van der Waals surface area contributed by atoms with E-state index in [9.17, 15) is 4.79 Å². The van der Waals surface area contributed by atoms with Crippen molar-refractivity contribution in [3.05, 3.63) is 34.8 Å². The van der Waals surface area contributed by atoms with Gasteiger partial charge < -0.3 is 16.0 Å². The Hall–Kier alpha value is -2.08. The summed E-state index contributed by atoms with van der Waals surface area (Å²) in [5.74, 6) is -0.157. The molecular formula is C15H18N4OS. The molecule has 1 aliphatic rings. The van der Waals surface area contributed by atoms with Crippen LogP contribution in [0.3, 0.4) is 0 Å². The van der Waals surface area contributed by atoms with Gasteiger partial charge in [-0.25, -0.2) is 4.98 Å². The first-order valence-corrected chi connectivity index (χ1v) is 7.84. The van der Waals surface area contributed by atoms with Gasteiger partial charge in [-0.3, -0.25) is 4.79 Å². The Bertz CT molecular complexity index is 644. The van der Waals surface area contributed by atoms with E-state index in [2.05, 4.69) is 27.3 Å². The molecule has 5 nitrogen and oxygen atoms in total. The van der Waals surface area contributed by atoms with E-state index < -0.39 is 0 Å². The molecule has 3 N–H and O–H groups in total. The van der Waals surface area contributed by atoms with Crippen LogP contribution in [0.25, 0.3) is 0 Å². The molecule has 1 aliphatic heterocycles. The van der Waals surface area contributed by atoms with Crippen LogP contribution in [0.5, 0.6) is 0 Å². The predicted octanol–water partition coefficient (Wildman–Crippen LogP) is 2.89. The maximum atomic E-state index is 12.2. The Morgan fingerprint density at radius 1 is 1.29 bits per heavy atom. The summed E-state index contributed by atoms with van der Waals surface area (Å²) in [5, 5.41) is 3.31. The van der Waals surface area contributed by atoms with Crippen molar-refractivity contribution in [3.63, 3.8) is 0 Å². The summed E-state index contributed by atoms with van der Waals surface area (Å²) in [5.41, 5.74) is 8.29. The monoisotopic (exact) mass is 302 g/mol. The third-order valence-electron chi connectivity index (χ3n) is 3.62. The number of hydrogen-bond acceptors (Lipinski definition) is 5. The number of nitrogens with zero attached hydrogens (tertiary/aromatic N) is 2. The van der Waals surface area contributed by atoms with E-state index in [1.165, 1.54) is 29.9 Å². The van der Waals surface area contributed by atoms with Gasteiger partial charge in [0.2, 0.25) is 0 Å². The van der Waals surface area contributed by atoms with Crippen LogP contribution in [0, 0.1) is 6.92 Å². The molecule has 6 heteroatoms. The van der Waals surface area contributed by atoms with Gasteiger partial charge in [-0.2, -0.15) is 0 Å². The summed E-state index contributed by atoms with van der Waals surface area (Å²) in [6.07, 6.45) is 2.51. The standard InChI is InChI=1S/C15H18N4OS/c1-10-13(21-15(16)17-10)14(20)18-11-4-6-12(7-5-11)19-8-2-3-9-19/h4-7H,2-3,8-9H2,1H3,(H2,16,17)(H,18,20). The lowest BCUT2D eigenvalue weighted by Gasteiger charge is -2.17. The minimum Gasteiger partial charge on any atom is -0.375 e. The van der Waals surface area contributed by atoms with E-state index in [4.69, 9.17) is 5.73 Å². The van der Waals surface area contributed by atoms with Crippen LogP contribution in [-0.2, 0) is 0 Å². The number of thiazole rings is 1. The van der Waals surface area contributed by atoms with Crippen molar-refractivity contribution < 1.29 is 4.79 Å². The number of benzene rings is 1. The number of nitrogens with two attached hydrogens (primary N) is 1. The van der Waals surface area contributed by atoms with E-state index in [-0.39, 0.29) is 5.91 Å². The summed E-state index contributed by atoms with van der Waals surface area (Å²) < 4.78 is 0. The third-order valence-corrected chi connectivity index (χ3v) is 4.60. The van der Waals surface area contributed by atoms with E-state index in [0.717, 1.165) is 18.8 Å². The second-order valence-corrected chi connectivity index (χ2v) is 6.19. The van der Waals surface area contributed by atoms with Crippen molar-refractivity contribution >= 4 is 33.8 Å². The molecule has 0 unspecified atom stereocenters. The van der Waals surface area contributed by atoms with Gasteiger partial charge in [0.05, 0.1) is 5.69 Å². The Kier molecular flexibility index (Phi) is 3.79. The first-order chi connectivity index (χ1) is 10.1. The highest BCUT2D eigenvalue weighted by Gasteiger charge is 2.15. The lowest BCUT2D eigenvalue weighted by atomic mass is 10.2. The summed E-state index contributed by atoms with van der Waals surface area (Å²) >= 11 is 1.21. The zero-order valence-electron chi connectivity index (χ0n) is 11.9. The SMILES string of the molecule is Cc1nc(N)sc1C(=O)Nc1ccc(N2CCCC2)cc1. The van der Waals surface area contributed by atoms with Crippen LogP contribution in [0.15, 0.2) is 24.3 Å². The number of anilines is 3. The fourth-order valence-electron chi connectivity index (χ4n) is 2.55. The van der Waals surface area contributed by atoms with E-state index in [0.29, 0.717) is 15.7 Å². The van der Waals surface area contributed by atoms with Crippen molar-refractivity contribution in [2.24, 2.45) is 0 Å². The second-order valence-electron chi connectivity index (χ2n) is 5.16. The maximum Gasteiger partial charge on any atom is 0.267 e. The average Bonchev–Trinajstić information content (AvgIpc) is 3.09. The molecule has 21 heavy (non-hydrogen) atoms. The number of rotatable bonds is 3. The molecule has 1 amide bonds. The molecule has 2 heterocycles. The van der Waals surface area contributed by atoms with Crippen molar-refractivity contribution in [2.45, 2.75) is 19.8 Å². The number of nitrogen functional groups attached to an aromatic ring is 1. The van der Waals surface area contributed by atoms with Gasteiger partial charge >= 0.3 is 0 Å². The zero-order chi connectivity index (χ0) is 14.8. The maximum absolute atomic E-state index is 12.2. The lowest BCUT2D eigenvalue weighted by Crippen LogP contribution is -2.17. The van der Waals surface area contributed by atoms with Gasteiger partial charge in [0, 0.05) is 24.5 Å². The van der Waals surface area contributed by atoms with Gasteiger partial charge in [-0.05, 0) is 44.0 Å². The molecule has 2 aromatic rings. The smallest absolute Gasteiger partial charge is 0.267 e. The van der Waals surface area contributed by atoms with E-state index >= 15 is 0 Å². The molecular weight excluding hydrogens is 284 g/mol. The fraction of sp³-hybridized carbons (Fsp3) is 0.333. The minimum absolute atomic E-state index is 0.157. The Labute approximate surface area is 127 Å². The molecule has 0 spiro atoms. The number of aryl methyl sites for hydroxylation is 1. The first kappa shape index (κ1) is 13.9. The van der Waals surface area contributed by atoms with Gasteiger partial charge in [-0.1, -0.05) is 11.3 Å². The molecule has 0 bridgehead atoms. The summed E-state index contributed by atoms with van der Waals surface area (Å²) in [6, 6.07) is 7.97. The topological polar surface area (TPSA) is 71.2 Å². The van der Waals surface area contributed by atoms with E-state index in [1.54, 1.807) is 6.92 Å². The third kappa shape index (κ3) is 3.00. The number of hydrogen-bond donors (Lipinski definition) is 2. The number of carbonyl (C=O) groups is 1. The quantitative estimate of drug-likeness (QED) is 0.914. The molecule has 110 valence electrons.